The molecule has 1 atom stereocenters. The van der Waals surface area contributed by atoms with Crippen LogP contribution in [0.15, 0.2) is 12.4 Å². The normalized spacial score (nSPS) is 21.1. The Labute approximate surface area is 95.8 Å². The summed E-state index contributed by atoms with van der Waals surface area (Å²) >= 11 is 0. The first kappa shape index (κ1) is 11.3. The van der Waals surface area contributed by atoms with E-state index >= 15 is 0 Å². The average Bonchev–Trinajstić information content (AvgIpc) is 2.32. The van der Waals surface area contributed by atoms with Crippen LogP contribution in [0.1, 0.15) is 5.56 Å². The molecule has 0 spiro atoms. The fourth-order valence-corrected chi connectivity index (χ4v) is 1.86. The molecule has 1 saturated heterocycles. The van der Waals surface area contributed by atoms with Crippen LogP contribution >= 0.6 is 0 Å². The van der Waals surface area contributed by atoms with E-state index in [2.05, 4.69) is 20.2 Å². The molecular formula is C11H18N4O. The number of ether oxygens (including phenoxy) is 1. The third kappa shape index (κ3) is 2.48. The van der Waals surface area contributed by atoms with Gasteiger partial charge in [-0.05, 0) is 19.5 Å². The predicted molar refractivity (Wildman–Crippen MR) is 62.6 cm³/mol. The van der Waals surface area contributed by atoms with Gasteiger partial charge in [0.25, 0.3) is 0 Å². The zero-order valence-corrected chi connectivity index (χ0v) is 9.81. The molecule has 1 aliphatic heterocycles. The zero-order valence-electron chi connectivity index (χ0n) is 9.81. The van der Waals surface area contributed by atoms with E-state index in [1.807, 2.05) is 26.4 Å². The Morgan fingerprint density at radius 3 is 2.94 bits per heavy atom. The maximum absolute atomic E-state index is 5.47. The molecule has 0 saturated carbocycles. The monoisotopic (exact) mass is 222 g/mol. The van der Waals surface area contributed by atoms with Crippen LogP contribution in [0.25, 0.3) is 0 Å². The number of rotatable bonds is 3. The summed E-state index contributed by atoms with van der Waals surface area (Å²) in [7, 11) is 1.95. The number of aromatic nitrogens is 2. The van der Waals surface area contributed by atoms with Crippen LogP contribution in [0.4, 0.5) is 5.95 Å². The molecule has 1 aliphatic rings. The van der Waals surface area contributed by atoms with Crippen LogP contribution in [-0.2, 0) is 4.74 Å². The van der Waals surface area contributed by atoms with Gasteiger partial charge in [0.2, 0.25) is 5.95 Å². The highest BCUT2D eigenvalue weighted by Gasteiger charge is 2.24. The Kier molecular flexibility index (Phi) is 3.69. The van der Waals surface area contributed by atoms with Crippen molar-refractivity contribution in [3.05, 3.63) is 18.0 Å². The standard InChI is InChI=1S/C11H18N4O/c1-9-5-13-11(14-6-9)15-3-4-16-8-10(15)7-12-2/h5-6,10,12H,3-4,7-8H2,1-2H3. The second-order valence-electron chi connectivity index (χ2n) is 4.04. The highest BCUT2D eigenvalue weighted by molar-refractivity contribution is 5.32. The number of morpholine rings is 1. The molecule has 5 heteroatoms. The number of nitrogens with zero attached hydrogens (tertiary/aromatic N) is 3. The number of hydrogen-bond donors (Lipinski definition) is 1. The lowest BCUT2D eigenvalue weighted by Gasteiger charge is -2.35. The second kappa shape index (κ2) is 5.23. The Hall–Kier alpha value is -1.20. The molecule has 16 heavy (non-hydrogen) atoms. The highest BCUT2D eigenvalue weighted by atomic mass is 16.5. The summed E-state index contributed by atoms with van der Waals surface area (Å²) in [4.78, 5) is 10.9. The van der Waals surface area contributed by atoms with E-state index in [9.17, 15) is 0 Å². The van der Waals surface area contributed by atoms with Gasteiger partial charge in [0.15, 0.2) is 0 Å². The minimum atomic E-state index is 0.321. The largest absolute Gasteiger partial charge is 0.377 e. The molecule has 1 aromatic rings. The number of likely N-dealkylation sites (N-methyl/N-ethyl adjacent to an activating group) is 1. The lowest BCUT2D eigenvalue weighted by molar-refractivity contribution is 0.0934. The van der Waals surface area contributed by atoms with Gasteiger partial charge in [-0.25, -0.2) is 9.97 Å². The molecule has 0 aromatic carbocycles. The smallest absolute Gasteiger partial charge is 0.225 e. The van der Waals surface area contributed by atoms with Crippen molar-refractivity contribution in [1.82, 2.24) is 15.3 Å². The summed E-state index contributed by atoms with van der Waals surface area (Å²) in [6, 6.07) is 0.321. The lowest BCUT2D eigenvalue weighted by atomic mass is 10.2. The van der Waals surface area contributed by atoms with Crippen molar-refractivity contribution in [3.63, 3.8) is 0 Å². The molecule has 0 amide bonds. The van der Waals surface area contributed by atoms with Crippen molar-refractivity contribution in [3.8, 4) is 0 Å². The molecule has 2 rings (SSSR count). The van der Waals surface area contributed by atoms with E-state index in [1.54, 1.807) is 0 Å². The van der Waals surface area contributed by atoms with Gasteiger partial charge in [0.1, 0.15) is 0 Å². The molecule has 2 heterocycles. The Bertz CT molecular complexity index is 325. The van der Waals surface area contributed by atoms with E-state index < -0.39 is 0 Å². The first-order chi connectivity index (χ1) is 7.81. The molecule has 1 unspecified atom stereocenters. The summed E-state index contributed by atoms with van der Waals surface area (Å²) < 4.78 is 5.47. The van der Waals surface area contributed by atoms with Crippen molar-refractivity contribution >= 4 is 5.95 Å². The highest BCUT2D eigenvalue weighted by Crippen LogP contribution is 2.14. The predicted octanol–water partition coefficient (Wildman–Crippen LogP) is 0.210. The van der Waals surface area contributed by atoms with Gasteiger partial charge in [-0.2, -0.15) is 0 Å². The fourth-order valence-electron chi connectivity index (χ4n) is 1.86. The van der Waals surface area contributed by atoms with E-state index in [4.69, 9.17) is 4.74 Å². The number of hydrogen-bond acceptors (Lipinski definition) is 5. The van der Waals surface area contributed by atoms with E-state index in [1.165, 1.54) is 0 Å². The van der Waals surface area contributed by atoms with Gasteiger partial charge in [0, 0.05) is 25.5 Å². The number of anilines is 1. The van der Waals surface area contributed by atoms with Crippen LogP contribution in [-0.4, -0.2) is 49.4 Å². The van der Waals surface area contributed by atoms with Crippen LogP contribution in [0.3, 0.4) is 0 Å². The van der Waals surface area contributed by atoms with Crippen molar-refractivity contribution in [2.45, 2.75) is 13.0 Å². The van der Waals surface area contributed by atoms with Crippen LogP contribution < -0.4 is 10.2 Å². The molecule has 1 fully saturated rings. The summed E-state index contributed by atoms with van der Waals surface area (Å²) in [5.74, 6) is 0.800. The first-order valence-corrected chi connectivity index (χ1v) is 5.59. The van der Waals surface area contributed by atoms with Gasteiger partial charge in [-0.3, -0.25) is 0 Å². The van der Waals surface area contributed by atoms with Gasteiger partial charge in [-0.15, -0.1) is 0 Å². The molecule has 1 aromatic heterocycles. The first-order valence-electron chi connectivity index (χ1n) is 5.59. The zero-order chi connectivity index (χ0) is 11.4. The number of nitrogens with one attached hydrogen (secondary N) is 1. The SMILES string of the molecule is CNCC1COCCN1c1ncc(C)cn1. The fraction of sp³-hybridized carbons (Fsp3) is 0.636. The summed E-state index contributed by atoms with van der Waals surface area (Å²) in [5.41, 5.74) is 1.09. The molecule has 88 valence electrons. The summed E-state index contributed by atoms with van der Waals surface area (Å²) in [5, 5.41) is 3.17. The maximum atomic E-state index is 5.47. The molecule has 1 N–H and O–H groups in total. The van der Waals surface area contributed by atoms with Crippen LogP contribution in [0.5, 0.6) is 0 Å². The van der Waals surface area contributed by atoms with Gasteiger partial charge >= 0.3 is 0 Å². The Balaban J connectivity index is 2.13. The van der Waals surface area contributed by atoms with Crippen LogP contribution in [0.2, 0.25) is 0 Å². The minimum absolute atomic E-state index is 0.321. The summed E-state index contributed by atoms with van der Waals surface area (Å²) in [6.45, 7) is 5.22. The second-order valence-corrected chi connectivity index (χ2v) is 4.04. The van der Waals surface area contributed by atoms with Crippen molar-refractivity contribution in [2.75, 3.05) is 38.3 Å². The van der Waals surface area contributed by atoms with E-state index in [-0.39, 0.29) is 0 Å². The van der Waals surface area contributed by atoms with Crippen molar-refractivity contribution in [1.29, 1.82) is 0 Å². The molecule has 0 aliphatic carbocycles. The maximum Gasteiger partial charge on any atom is 0.225 e. The Morgan fingerprint density at radius 2 is 2.25 bits per heavy atom. The van der Waals surface area contributed by atoms with Crippen molar-refractivity contribution < 1.29 is 4.74 Å². The molecular weight excluding hydrogens is 204 g/mol. The topological polar surface area (TPSA) is 50.3 Å². The third-order valence-corrected chi connectivity index (χ3v) is 2.69. The van der Waals surface area contributed by atoms with E-state index in [0.29, 0.717) is 6.04 Å². The van der Waals surface area contributed by atoms with Gasteiger partial charge in [-0.1, -0.05) is 0 Å². The van der Waals surface area contributed by atoms with Gasteiger partial charge in [0.05, 0.1) is 19.3 Å². The van der Waals surface area contributed by atoms with Crippen molar-refractivity contribution in [2.24, 2.45) is 0 Å². The van der Waals surface area contributed by atoms with E-state index in [0.717, 1.165) is 37.8 Å². The summed E-state index contributed by atoms with van der Waals surface area (Å²) in [6.07, 6.45) is 3.71. The Morgan fingerprint density at radius 1 is 1.50 bits per heavy atom. The third-order valence-electron chi connectivity index (χ3n) is 2.69. The minimum Gasteiger partial charge on any atom is -0.377 e. The molecule has 0 bridgehead atoms. The quantitative estimate of drug-likeness (QED) is 0.792. The molecule has 5 nitrogen and oxygen atoms in total. The lowest BCUT2D eigenvalue weighted by Crippen LogP contribution is -2.50. The molecule has 0 radical (unpaired) electrons. The average molecular weight is 222 g/mol. The number of aryl methyl sites for hydroxylation is 1. The van der Waals surface area contributed by atoms with Gasteiger partial charge < -0.3 is 15.0 Å². The van der Waals surface area contributed by atoms with Crippen LogP contribution in [0, 0.1) is 6.92 Å².